The Morgan fingerprint density at radius 3 is 2.38 bits per heavy atom. The Morgan fingerprint density at radius 2 is 1.78 bits per heavy atom. The van der Waals surface area contributed by atoms with Crippen LogP contribution in [0.3, 0.4) is 0 Å². The number of anilines is 1. The SMILES string of the molecule is COc1nc(N(C)C)ncc1-c1cc2c(n1C(C)C)C(c1ccc(Cl)cc1)N(C1CCC(O)CC1)C2=O. The van der Waals surface area contributed by atoms with E-state index >= 15 is 0 Å². The number of methoxy groups -OCH3 is 1. The Kier molecular flexibility index (Phi) is 6.89. The minimum absolute atomic E-state index is 0.0155. The summed E-state index contributed by atoms with van der Waals surface area (Å²) in [6.07, 6.45) is 4.45. The van der Waals surface area contributed by atoms with Crippen LogP contribution in [0.1, 0.15) is 73.2 Å². The van der Waals surface area contributed by atoms with Crippen molar-refractivity contribution >= 4 is 23.5 Å². The number of fused-ring (bicyclic) bond motifs is 1. The van der Waals surface area contributed by atoms with Gasteiger partial charge in [0.25, 0.3) is 5.91 Å². The summed E-state index contributed by atoms with van der Waals surface area (Å²) in [6, 6.07) is 9.60. The summed E-state index contributed by atoms with van der Waals surface area (Å²) in [5, 5.41) is 10.8. The molecule has 1 atom stereocenters. The lowest BCUT2D eigenvalue weighted by atomic mass is 9.90. The van der Waals surface area contributed by atoms with Gasteiger partial charge in [-0.05, 0) is 63.3 Å². The van der Waals surface area contributed by atoms with Gasteiger partial charge in [0.1, 0.15) is 0 Å². The molecule has 8 nitrogen and oxygen atoms in total. The van der Waals surface area contributed by atoms with Crippen LogP contribution in [-0.2, 0) is 0 Å². The van der Waals surface area contributed by atoms with Crippen molar-refractivity contribution in [1.82, 2.24) is 19.4 Å². The molecule has 3 aromatic rings. The second kappa shape index (κ2) is 9.99. The number of aliphatic hydroxyl groups excluding tert-OH is 1. The molecule has 1 N–H and O–H groups in total. The first kappa shape index (κ1) is 25.5. The Hall–Kier alpha value is -3.10. The van der Waals surface area contributed by atoms with Gasteiger partial charge in [-0.3, -0.25) is 4.79 Å². The normalized spacial score (nSPS) is 21.5. The van der Waals surface area contributed by atoms with E-state index in [1.54, 1.807) is 13.3 Å². The predicted molar refractivity (Wildman–Crippen MR) is 144 cm³/mol. The van der Waals surface area contributed by atoms with Crippen molar-refractivity contribution in [1.29, 1.82) is 0 Å². The maximum Gasteiger partial charge on any atom is 0.256 e. The topological polar surface area (TPSA) is 83.7 Å². The van der Waals surface area contributed by atoms with Gasteiger partial charge < -0.3 is 24.2 Å². The largest absolute Gasteiger partial charge is 0.480 e. The molecule has 5 rings (SSSR count). The molecule has 3 heterocycles. The minimum atomic E-state index is -0.293. The van der Waals surface area contributed by atoms with Crippen molar-refractivity contribution in [2.75, 3.05) is 26.1 Å². The second-order valence-electron chi connectivity index (χ2n) is 10.4. The maximum absolute atomic E-state index is 14.1. The molecule has 0 bridgehead atoms. The lowest BCUT2D eigenvalue weighted by molar-refractivity contribution is 0.0458. The highest BCUT2D eigenvalue weighted by Gasteiger charge is 2.46. The van der Waals surface area contributed by atoms with Gasteiger partial charge >= 0.3 is 0 Å². The van der Waals surface area contributed by atoms with E-state index in [-0.39, 0.29) is 30.1 Å². The van der Waals surface area contributed by atoms with Gasteiger partial charge in [-0.25, -0.2) is 4.98 Å². The van der Waals surface area contributed by atoms with E-state index in [1.165, 1.54) is 0 Å². The second-order valence-corrected chi connectivity index (χ2v) is 10.8. The fourth-order valence-electron chi connectivity index (χ4n) is 5.72. The van der Waals surface area contributed by atoms with E-state index in [9.17, 15) is 9.90 Å². The molecule has 1 saturated carbocycles. The van der Waals surface area contributed by atoms with E-state index in [4.69, 9.17) is 16.3 Å². The Labute approximate surface area is 222 Å². The molecule has 0 spiro atoms. The first-order valence-corrected chi connectivity index (χ1v) is 13.2. The third-order valence-electron chi connectivity index (χ3n) is 7.45. The number of carbonyl (C=O) groups excluding carboxylic acids is 1. The number of halogens is 1. The quantitative estimate of drug-likeness (QED) is 0.484. The van der Waals surface area contributed by atoms with E-state index < -0.39 is 0 Å². The number of benzene rings is 1. The highest BCUT2D eigenvalue weighted by Crippen LogP contribution is 2.47. The Morgan fingerprint density at radius 1 is 1.11 bits per heavy atom. The van der Waals surface area contributed by atoms with Gasteiger partial charge in [0.05, 0.1) is 41.8 Å². The smallest absolute Gasteiger partial charge is 0.256 e. The van der Waals surface area contributed by atoms with Gasteiger partial charge in [0.15, 0.2) is 0 Å². The molecular formula is C28H34ClN5O3. The van der Waals surface area contributed by atoms with Crippen molar-refractivity contribution < 1.29 is 14.6 Å². The number of amides is 1. The molecular weight excluding hydrogens is 490 g/mol. The molecule has 37 heavy (non-hydrogen) atoms. The molecule has 0 saturated heterocycles. The van der Waals surface area contributed by atoms with Crippen LogP contribution >= 0.6 is 11.6 Å². The number of aliphatic hydroxyl groups is 1. The molecule has 2 aliphatic rings. The standard InChI is InChI=1S/C28H34ClN5O3/c1-16(2)33-23(22-15-30-28(32(3)4)31-26(22)37-5)14-21-25(33)24(17-6-8-18(29)9-7-17)34(27(21)36)19-10-12-20(35)13-11-19/h6-9,14-16,19-20,24,35H,10-13H2,1-5H3. The molecule has 1 unspecified atom stereocenters. The summed E-state index contributed by atoms with van der Waals surface area (Å²) < 4.78 is 7.90. The lowest BCUT2D eigenvalue weighted by Gasteiger charge is -2.38. The molecule has 1 fully saturated rings. The van der Waals surface area contributed by atoms with Crippen molar-refractivity contribution in [3.63, 3.8) is 0 Å². The summed E-state index contributed by atoms with van der Waals surface area (Å²) >= 11 is 6.24. The van der Waals surface area contributed by atoms with Crippen LogP contribution in [-0.4, -0.2) is 63.8 Å². The van der Waals surface area contributed by atoms with E-state index in [0.29, 0.717) is 35.3 Å². The molecule has 0 radical (unpaired) electrons. The van der Waals surface area contributed by atoms with Crippen LogP contribution in [0.4, 0.5) is 5.95 Å². The molecule has 2 aromatic heterocycles. The molecule has 196 valence electrons. The van der Waals surface area contributed by atoms with Crippen molar-refractivity contribution in [3.8, 4) is 17.1 Å². The number of rotatable bonds is 6. The van der Waals surface area contributed by atoms with Crippen LogP contribution < -0.4 is 9.64 Å². The fraction of sp³-hybridized carbons (Fsp3) is 0.464. The molecule has 1 aromatic carbocycles. The minimum Gasteiger partial charge on any atom is -0.480 e. The summed E-state index contributed by atoms with van der Waals surface area (Å²) in [5.41, 5.74) is 4.26. The zero-order chi connectivity index (χ0) is 26.4. The summed E-state index contributed by atoms with van der Waals surface area (Å²) in [5.74, 6) is 1.03. The van der Waals surface area contributed by atoms with Crippen molar-refractivity contribution in [2.24, 2.45) is 0 Å². The zero-order valence-electron chi connectivity index (χ0n) is 22.0. The number of carbonyl (C=O) groups is 1. The average Bonchev–Trinajstić information content (AvgIpc) is 3.40. The van der Waals surface area contributed by atoms with Crippen LogP contribution in [0.2, 0.25) is 5.02 Å². The number of aromatic nitrogens is 3. The van der Waals surface area contributed by atoms with Gasteiger partial charge in [-0.1, -0.05) is 23.7 Å². The highest BCUT2D eigenvalue weighted by molar-refractivity contribution is 6.30. The third-order valence-corrected chi connectivity index (χ3v) is 7.70. The van der Waals surface area contributed by atoms with Crippen LogP contribution in [0, 0.1) is 0 Å². The van der Waals surface area contributed by atoms with E-state index in [1.807, 2.05) is 54.2 Å². The molecule has 1 aliphatic carbocycles. The number of nitrogens with zero attached hydrogens (tertiary/aromatic N) is 5. The van der Waals surface area contributed by atoms with Crippen LogP contribution in [0.15, 0.2) is 36.5 Å². The van der Waals surface area contributed by atoms with Crippen LogP contribution in [0.25, 0.3) is 11.3 Å². The summed E-state index contributed by atoms with van der Waals surface area (Å²) in [7, 11) is 5.37. The first-order chi connectivity index (χ1) is 17.7. The molecule has 1 aliphatic heterocycles. The number of hydrogen-bond donors (Lipinski definition) is 1. The van der Waals surface area contributed by atoms with E-state index in [2.05, 4.69) is 28.4 Å². The third kappa shape index (κ3) is 4.46. The zero-order valence-corrected chi connectivity index (χ0v) is 22.7. The average molecular weight is 524 g/mol. The van der Waals surface area contributed by atoms with E-state index in [0.717, 1.165) is 35.4 Å². The summed E-state index contributed by atoms with van der Waals surface area (Å²) in [4.78, 5) is 27.1. The van der Waals surface area contributed by atoms with Crippen molar-refractivity contribution in [2.45, 2.75) is 63.8 Å². The number of hydrogen-bond acceptors (Lipinski definition) is 6. The Balaban J connectivity index is 1.69. The fourth-order valence-corrected chi connectivity index (χ4v) is 5.85. The predicted octanol–water partition coefficient (Wildman–Crippen LogP) is 5.10. The van der Waals surface area contributed by atoms with Crippen molar-refractivity contribution in [3.05, 3.63) is 58.4 Å². The van der Waals surface area contributed by atoms with Gasteiger partial charge in [0.2, 0.25) is 11.8 Å². The van der Waals surface area contributed by atoms with Crippen LogP contribution in [0.5, 0.6) is 5.88 Å². The lowest BCUT2D eigenvalue weighted by Crippen LogP contribution is -2.42. The number of ether oxygens (including phenoxy) is 1. The van der Waals surface area contributed by atoms with Gasteiger partial charge in [-0.15, -0.1) is 0 Å². The highest BCUT2D eigenvalue weighted by atomic mass is 35.5. The van der Waals surface area contributed by atoms with Gasteiger partial charge in [-0.2, -0.15) is 4.98 Å². The maximum atomic E-state index is 14.1. The summed E-state index contributed by atoms with van der Waals surface area (Å²) in [6.45, 7) is 4.24. The monoisotopic (exact) mass is 523 g/mol. The first-order valence-electron chi connectivity index (χ1n) is 12.8. The molecule has 9 heteroatoms. The Bertz CT molecular complexity index is 1300. The van der Waals surface area contributed by atoms with Gasteiger partial charge in [0, 0.05) is 37.4 Å². The molecule has 1 amide bonds.